The first-order valence-corrected chi connectivity index (χ1v) is 9.80. The number of benzene rings is 2. The summed E-state index contributed by atoms with van der Waals surface area (Å²) in [7, 11) is 1.30. The first kappa shape index (κ1) is 22.9. The average Bonchev–Trinajstić information content (AvgIpc) is 2.73. The van der Waals surface area contributed by atoms with Crippen molar-refractivity contribution in [1.29, 1.82) is 0 Å². The van der Waals surface area contributed by atoms with E-state index >= 15 is 0 Å². The minimum absolute atomic E-state index is 0.0639. The number of amides is 2. The van der Waals surface area contributed by atoms with Gasteiger partial charge in [0.1, 0.15) is 5.75 Å². The van der Waals surface area contributed by atoms with Crippen LogP contribution in [0.3, 0.4) is 0 Å². The molecule has 0 aliphatic carbocycles. The molecule has 0 saturated carbocycles. The number of anilines is 1. The Morgan fingerprint density at radius 2 is 1.77 bits per heavy atom. The van der Waals surface area contributed by atoms with E-state index in [4.69, 9.17) is 9.47 Å². The van der Waals surface area contributed by atoms with Gasteiger partial charge in [-0.1, -0.05) is 31.2 Å². The molecule has 0 spiro atoms. The Morgan fingerprint density at radius 3 is 2.43 bits per heavy atom. The largest absolute Gasteiger partial charge is 0.483 e. The fourth-order valence-corrected chi connectivity index (χ4v) is 2.87. The van der Waals surface area contributed by atoms with Crippen LogP contribution in [0.25, 0.3) is 0 Å². The summed E-state index contributed by atoms with van der Waals surface area (Å²) < 4.78 is 10.4. The van der Waals surface area contributed by atoms with Gasteiger partial charge in [0, 0.05) is 12.2 Å². The second-order valence-corrected chi connectivity index (χ2v) is 6.94. The van der Waals surface area contributed by atoms with E-state index in [1.54, 1.807) is 18.2 Å². The zero-order valence-corrected chi connectivity index (χ0v) is 17.9. The van der Waals surface area contributed by atoms with Crippen LogP contribution in [0.5, 0.6) is 5.75 Å². The average molecular weight is 412 g/mol. The van der Waals surface area contributed by atoms with Crippen molar-refractivity contribution in [2.75, 3.05) is 32.1 Å². The number of hydrogen-bond donors (Lipinski definition) is 1. The third-order valence-corrected chi connectivity index (χ3v) is 4.56. The standard InChI is InChI=1S/C23H28N2O5/c1-5-12-25(14-21(26)24-19-9-7-6-8-16(19)2)22(27)15-30-20-13-18(23(28)29-4)11-10-17(20)3/h6-11,13H,5,12,14-15H2,1-4H3,(H,24,26). The molecule has 7 nitrogen and oxygen atoms in total. The second-order valence-electron chi connectivity index (χ2n) is 6.94. The number of hydrogen-bond acceptors (Lipinski definition) is 5. The van der Waals surface area contributed by atoms with Gasteiger partial charge in [-0.3, -0.25) is 9.59 Å². The predicted molar refractivity (Wildman–Crippen MR) is 115 cm³/mol. The monoisotopic (exact) mass is 412 g/mol. The summed E-state index contributed by atoms with van der Waals surface area (Å²) >= 11 is 0. The van der Waals surface area contributed by atoms with Crippen molar-refractivity contribution in [3.05, 3.63) is 59.2 Å². The highest BCUT2D eigenvalue weighted by Gasteiger charge is 2.18. The predicted octanol–water partition coefficient (Wildman–Crippen LogP) is 3.35. The molecule has 0 fully saturated rings. The SMILES string of the molecule is CCCN(CC(=O)Nc1ccccc1C)C(=O)COc1cc(C(=O)OC)ccc1C. The zero-order valence-electron chi connectivity index (χ0n) is 17.9. The highest BCUT2D eigenvalue weighted by atomic mass is 16.5. The molecule has 1 N–H and O–H groups in total. The number of nitrogens with zero attached hydrogens (tertiary/aromatic N) is 1. The summed E-state index contributed by atoms with van der Waals surface area (Å²) in [4.78, 5) is 38.3. The van der Waals surface area contributed by atoms with E-state index in [-0.39, 0.29) is 25.0 Å². The maximum atomic E-state index is 12.7. The van der Waals surface area contributed by atoms with Crippen LogP contribution in [0, 0.1) is 13.8 Å². The molecule has 2 aromatic carbocycles. The smallest absolute Gasteiger partial charge is 0.337 e. The first-order chi connectivity index (χ1) is 14.3. The molecular formula is C23H28N2O5. The number of esters is 1. The van der Waals surface area contributed by atoms with Crippen LogP contribution in [0.15, 0.2) is 42.5 Å². The summed E-state index contributed by atoms with van der Waals surface area (Å²) in [5.41, 5.74) is 2.80. The lowest BCUT2D eigenvalue weighted by Crippen LogP contribution is -2.41. The Labute approximate surface area is 177 Å². The van der Waals surface area contributed by atoms with Gasteiger partial charge in [-0.2, -0.15) is 0 Å². The van der Waals surface area contributed by atoms with Gasteiger partial charge in [0.05, 0.1) is 19.2 Å². The molecule has 0 aliphatic heterocycles. The molecule has 0 aromatic heterocycles. The van der Waals surface area contributed by atoms with Crippen LogP contribution in [0.2, 0.25) is 0 Å². The van der Waals surface area contributed by atoms with Crippen molar-refractivity contribution < 1.29 is 23.9 Å². The highest BCUT2D eigenvalue weighted by molar-refractivity contribution is 5.95. The molecule has 0 atom stereocenters. The number of nitrogens with one attached hydrogen (secondary N) is 1. The molecule has 7 heteroatoms. The topological polar surface area (TPSA) is 84.9 Å². The van der Waals surface area contributed by atoms with E-state index in [1.165, 1.54) is 12.0 Å². The Morgan fingerprint density at radius 1 is 1.03 bits per heavy atom. The van der Waals surface area contributed by atoms with Gasteiger partial charge < -0.3 is 19.7 Å². The number of para-hydroxylation sites is 1. The van der Waals surface area contributed by atoms with Crippen molar-refractivity contribution in [1.82, 2.24) is 4.90 Å². The number of carbonyl (C=O) groups excluding carboxylic acids is 3. The van der Waals surface area contributed by atoms with E-state index in [0.29, 0.717) is 24.3 Å². The lowest BCUT2D eigenvalue weighted by atomic mass is 10.1. The van der Waals surface area contributed by atoms with Gasteiger partial charge >= 0.3 is 5.97 Å². The molecule has 0 saturated heterocycles. The molecule has 160 valence electrons. The molecule has 0 radical (unpaired) electrons. The Hall–Kier alpha value is -3.35. The quantitative estimate of drug-likeness (QED) is 0.639. The van der Waals surface area contributed by atoms with Gasteiger partial charge in [-0.15, -0.1) is 0 Å². The molecular weight excluding hydrogens is 384 g/mol. The fraction of sp³-hybridized carbons (Fsp3) is 0.348. The number of methoxy groups -OCH3 is 1. The van der Waals surface area contributed by atoms with Crippen molar-refractivity contribution >= 4 is 23.5 Å². The van der Waals surface area contributed by atoms with E-state index < -0.39 is 5.97 Å². The maximum absolute atomic E-state index is 12.7. The van der Waals surface area contributed by atoms with Crippen LogP contribution in [-0.2, 0) is 14.3 Å². The molecule has 0 heterocycles. The van der Waals surface area contributed by atoms with Gasteiger partial charge in [0.25, 0.3) is 5.91 Å². The minimum Gasteiger partial charge on any atom is -0.483 e. The number of aryl methyl sites for hydroxylation is 2. The molecule has 2 aromatic rings. The Bertz CT molecular complexity index is 910. The van der Waals surface area contributed by atoms with E-state index in [9.17, 15) is 14.4 Å². The van der Waals surface area contributed by atoms with Crippen molar-refractivity contribution in [2.24, 2.45) is 0 Å². The van der Waals surface area contributed by atoms with Crippen molar-refractivity contribution in [3.63, 3.8) is 0 Å². The highest BCUT2D eigenvalue weighted by Crippen LogP contribution is 2.20. The van der Waals surface area contributed by atoms with Crippen LogP contribution >= 0.6 is 0 Å². The molecule has 0 bridgehead atoms. The summed E-state index contributed by atoms with van der Waals surface area (Å²) in [6, 6.07) is 12.4. The Balaban J connectivity index is 2.01. The van der Waals surface area contributed by atoms with Crippen LogP contribution < -0.4 is 10.1 Å². The van der Waals surface area contributed by atoms with Gasteiger partial charge in [0.2, 0.25) is 5.91 Å². The van der Waals surface area contributed by atoms with E-state index in [2.05, 4.69) is 5.32 Å². The zero-order chi connectivity index (χ0) is 22.1. The first-order valence-electron chi connectivity index (χ1n) is 9.80. The maximum Gasteiger partial charge on any atom is 0.337 e. The number of carbonyl (C=O) groups is 3. The summed E-state index contributed by atoms with van der Waals surface area (Å²) in [6.45, 7) is 5.80. The third-order valence-electron chi connectivity index (χ3n) is 4.56. The second kappa shape index (κ2) is 11.0. The third kappa shape index (κ3) is 6.34. The van der Waals surface area contributed by atoms with E-state index in [0.717, 1.165) is 16.8 Å². The van der Waals surface area contributed by atoms with Gasteiger partial charge in [-0.05, 0) is 49.6 Å². The summed E-state index contributed by atoms with van der Waals surface area (Å²) in [6.07, 6.45) is 0.709. The summed E-state index contributed by atoms with van der Waals surface area (Å²) in [5.74, 6) is -0.631. The van der Waals surface area contributed by atoms with Crippen molar-refractivity contribution in [3.8, 4) is 5.75 Å². The van der Waals surface area contributed by atoms with Crippen LogP contribution in [0.4, 0.5) is 5.69 Å². The van der Waals surface area contributed by atoms with Gasteiger partial charge in [-0.25, -0.2) is 4.79 Å². The molecule has 2 rings (SSSR count). The Kier molecular flexibility index (Phi) is 8.41. The molecule has 0 unspecified atom stereocenters. The van der Waals surface area contributed by atoms with Crippen molar-refractivity contribution in [2.45, 2.75) is 27.2 Å². The molecule has 2 amide bonds. The number of ether oxygens (including phenoxy) is 2. The number of rotatable bonds is 9. The fourth-order valence-electron chi connectivity index (χ4n) is 2.87. The lowest BCUT2D eigenvalue weighted by molar-refractivity contribution is -0.136. The molecule has 0 aliphatic rings. The van der Waals surface area contributed by atoms with E-state index in [1.807, 2.05) is 45.0 Å². The molecule has 30 heavy (non-hydrogen) atoms. The lowest BCUT2D eigenvalue weighted by Gasteiger charge is -2.22. The van der Waals surface area contributed by atoms with Gasteiger partial charge in [0.15, 0.2) is 6.61 Å². The van der Waals surface area contributed by atoms with Crippen LogP contribution in [-0.4, -0.2) is 49.5 Å². The summed E-state index contributed by atoms with van der Waals surface area (Å²) in [5, 5.41) is 2.84. The normalized spacial score (nSPS) is 10.3. The van der Waals surface area contributed by atoms with Crippen LogP contribution in [0.1, 0.15) is 34.8 Å². The minimum atomic E-state index is -0.480.